The highest BCUT2D eigenvalue weighted by atomic mass is 19.1. The largest absolute Gasteiger partial charge is 0.396 e. The van der Waals surface area contributed by atoms with E-state index < -0.39 is 0 Å². The Morgan fingerprint density at radius 3 is 2.78 bits per heavy atom. The van der Waals surface area contributed by atoms with Gasteiger partial charge in [-0.1, -0.05) is 6.07 Å². The summed E-state index contributed by atoms with van der Waals surface area (Å²) in [5.41, 5.74) is 0.426. The van der Waals surface area contributed by atoms with Crippen LogP contribution in [0.3, 0.4) is 0 Å². The normalized spacial score (nSPS) is 10.5. The van der Waals surface area contributed by atoms with Gasteiger partial charge in [0.1, 0.15) is 5.82 Å². The zero-order valence-corrected chi connectivity index (χ0v) is 10.7. The van der Waals surface area contributed by atoms with E-state index in [1.807, 2.05) is 13.8 Å². The van der Waals surface area contributed by atoms with Crippen LogP contribution in [0.15, 0.2) is 24.3 Å². The first-order chi connectivity index (χ1) is 8.54. The summed E-state index contributed by atoms with van der Waals surface area (Å²) in [6.07, 6.45) is 0.523. The molecule has 0 unspecified atom stereocenters. The number of nitrogens with one attached hydrogen (secondary N) is 1. The van der Waals surface area contributed by atoms with Crippen LogP contribution in [0, 0.1) is 5.82 Å². The summed E-state index contributed by atoms with van der Waals surface area (Å²) in [6, 6.07) is 5.49. The first-order valence-electron chi connectivity index (χ1n) is 5.98. The summed E-state index contributed by atoms with van der Waals surface area (Å²) in [4.78, 5) is 13.6. The van der Waals surface area contributed by atoms with E-state index in [9.17, 15) is 9.18 Å². The van der Waals surface area contributed by atoms with Crippen molar-refractivity contribution in [2.24, 2.45) is 0 Å². The Kier molecular flexibility index (Phi) is 5.58. The lowest BCUT2D eigenvalue weighted by Crippen LogP contribution is -2.40. The highest BCUT2D eigenvalue weighted by molar-refractivity contribution is 5.89. The van der Waals surface area contributed by atoms with Gasteiger partial charge in [0.15, 0.2) is 0 Å². The first-order valence-corrected chi connectivity index (χ1v) is 5.98. The van der Waals surface area contributed by atoms with Gasteiger partial charge in [0, 0.05) is 24.9 Å². The van der Waals surface area contributed by atoms with E-state index >= 15 is 0 Å². The maximum Gasteiger partial charge on any atom is 0.322 e. The number of rotatable bonds is 5. The number of hydrogen-bond donors (Lipinski definition) is 2. The molecule has 5 heteroatoms. The van der Waals surface area contributed by atoms with Crippen LogP contribution in [0.5, 0.6) is 0 Å². The van der Waals surface area contributed by atoms with Gasteiger partial charge in [-0.3, -0.25) is 0 Å². The molecule has 0 aliphatic carbocycles. The second kappa shape index (κ2) is 6.96. The summed E-state index contributed by atoms with van der Waals surface area (Å²) in [7, 11) is 0. The van der Waals surface area contributed by atoms with E-state index in [-0.39, 0.29) is 24.5 Å². The van der Waals surface area contributed by atoms with E-state index in [0.29, 0.717) is 18.7 Å². The molecule has 18 heavy (non-hydrogen) atoms. The highest BCUT2D eigenvalue weighted by Crippen LogP contribution is 2.11. The maximum absolute atomic E-state index is 13.0. The minimum Gasteiger partial charge on any atom is -0.396 e. The van der Waals surface area contributed by atoms with Crippen LogP contribution < -0.4 is 5.32 Å². The molecule has 100 valence electrons. The van der Waals surface area contributed by atoms with Crippen LogP contribution in [-0.2, 0) is 0 Å². The number of anilines is 1. The smallest absolute Gasteiger partial charge is 0.322 e. The van der Waals surface area contributed by atoms with Crippen molar-refractivity contribution in [1.82, 2.24) is 4.90 Å². The molecule has 2 N–H and O–H groups in total. The second-order valence-electron chi connectivity index (χ2n) is 4.30. The van der Waals surface area contributed by atoms with Crippen LogP contribution in [0.1, 0.15) is 20.3 Å². The number of urea groups is 1. The van der Waals surface area contributed by atoms with Crippen LogP contribution in [-0.4, -0.2) is 35.2 Å². The Morgan fingerprint density at radius 1 is 1.50 bits per heavy atom. The zero-order valence-electron chi connectivity index (χ0n) is 10.7. The number of nitrogens with zero attached hydrogens (tertiary/aromatic N) is 1. The Balaban J connectivity index is 2.66. The standard InChI is InChI=1S/C13H19FN2O2/c1-10(2)16(7-4-8-17)13(18)15-12-6-3-5-11(14)9-12/h3,5-6,9-10,17H,4,7-8H2,1-2H3,(H,15,18). The molecule has 0 saturated heterocycles. The number of benzene rings is 1. The quantitative estimate of drug-likeness (QED) is 0.848. The van der Waals surface area contributed by atoms with Crippen LogP contribution >= 0.6 is 0 Å². The van der Waals surface area contributed by atoms with Crippen molar-refractivity contribution in [3.05, 3.63) is 30.1 Å². The van der Waals surface area contributed by atoms with E-state index in [0.717, 1.165) is 0 Å². The predicted octanol–water partition coefficient (Wildman–Crippen LogP) is 2.45. The third-order valence-electron chi connectivity index (χ3n) is 2.52. The molecule has 0 aromatic heterocycles. The summed E-state index contributed by atoms with van der Waals surface area (Å²) < 4.78 is 13.0. The monoisotopic (exact) mass is 254 g/mol. The molecule has 0 heterocycles. The predicted molar refractivity (Wildman–Crippen MR) is 69.0 cm³/mol. The molecule has 0 aliphatic heterocycles. The average Bonchev–Trinajstić information content (AvgIpc) is 2.29. The van der Waals surface area contributed by atoms with Gasteiger partial charge in [0.25, 0.3) is 0 Å². The summed E-state index contributed by atoms with van der Waals surface area (Å²) >= 11 is 0. The molecule has 0 saturated carbocycles. The molecule has 1 aromatic rings. The van der Waals surface area contributed by atoms with Gasteiger partial charge in [-0.15, -0.1) is 0 Å². The molecule has 4 nitrogen and oxygen atoms in total. The van der Waals surface area contributed by atoms with Gasteiger partial charge in [-0.2, -0.15) is 0 Å². The molecule has 0 aliphatic rings. The fraction of sp³-hybridized carbons (Fsp3) is 0.462. The summed E-state index contributed by atoms with van der Waals surface area (Å²) in [6.45, 7) is 4.29. The molecule has 0 fully saturated rings. The third-order valence-corrected chi connectivity index (χ3v) is 2.52. The molecule has 1 aromatic carbocycles. The van der Waals surface area contributed by atoms with Crippen molar-refractivity contribution < 1.29 is 14.3 Å². The third kappa shape index (κ3) is 4.33. The number of aliphatic hydroxyl groups excluding tert-OH is 1. The minimum absolute atomic E-state index is 0.0186. The first kappa shape index (κ1) is 14.4. The van der Waals surface area contributed by atoms with E-state index in [4.69, 9.17) is 5.11 Å². The van der Waals surface area contributed by atoms with E-state index in [1.165, 1.54) is 12.1 Å². The molecular formula is C13H19FN2O2. The Hall–Kier alpha value is -1.62. The molecular weight excluding hydrogens is 235 g/mol. The second-order valence-corrected chi connectivity index (χ2v) is 4.30. The molecule has 0 atom stereocenters. The van der Waals surface area contributed by atoms with E-state index in [1.54, 1.807) is 17.0 Å². The molecule has 0 radical (unpaired) electrons. The van der Waals surface area contributed by atoms with Gasteiger partial charge in [0.05, 0.1) is 0 Å². The lowest BCUT2D eigenvalue weighted by atomic mass is 10.3. The molecule has 1 rings (SSSR count). The fourth-order valence-corrected chi connectivity index (χ4v) is 1.60. The van der Waals surface area contributed by atoms with Gasteiger partial charge in [-0.05, 0) is 38.5 Å². The molecule has 0 spiro atoms. The number of halogens is 1. The van der Waals surface area contributed by atoms with Gasteiger partial charge in [-0.25, -0.2) is 9.18 Å². The van der Waals surface area contributed by atoms with E-state index in [2.05, 4.69) is 5.32 Å². The van der Waals surface area contributed by atoms with Crippen molar-refractivity contribution in [2.45, 2.75) is 26.3 Å². The van der Waals surface area contributed by atoms with Crippen molar-refractivity contribution in [1.29, 1.82) is 0 Å². The zero-order chi connectivity index (χ0) is 13.5. The number of hydrogen-bond acceptors (Lipinski definition) is 2. The van der Waals surface area contributed by atoms with Crippen molar-refractivity contribution in [2.75, 3.05) is 18.5 Å². The fourth-order valence-electron chi connectivity index (χ4n) is 1.60. The Labute approximate surface area is 106 Å². The highest BCUT2D eigenvalue weighted by Gasteiger charge is 2.16. The SMILES string of the molecule is CC(C)N(CCCO)C(=O)Nc1cccc(F)c1. The van der Waals surface area contributed by atoms with Gasteiger partial charge >= 0.3 is 6.03 Å². The van der Waals surface area contributed by atoms with Gasteiger partial charge < -0.3 is 15.3 Å². The number of carbonyl (C=O) groups is 1. The number of amides is 2. The number of carbonyl (C=O) groups excluding carboxylic acids is 1. The lowest BCUT2D eigenvalue weighted by Gasteiger charge is -2.26. The van der Waals surface area contributed by atoms with Crippen LogP contribution in [0.25, 0.3) is 0 Å². The minimum atomic E-state index is -0.390. The lowest BCUT2D eigenvalue weighted by molar-refractivity contribution is 0.186. The molecule has 2 amide bonds. The average molecular weight is 254 g/mol. The Morgan fingerprint density at radius 2 is 2.22 bits per heavy atom. The Bertz CT molecular complexity index is 396. The van der Waals surface area contributed by atoms with Crippen molar-refractivity contribution in [3.63, 3.8) is 0 Å². The number of aliphatic hydroxyl groups is 1. The topological polar surface area (TPSA) is 52.6 Å². The van der Waals surface area contributed by atoms with Crippen LogP contribution in [0.2, 0.25) is 0 Å². The van der Waals surface area contributed by atoms with Crippen LogP contribution in [0.4, 0.5) is 14.9 Å². The maximum atomic E-state index is 13.0. The van der Waals surface area contributed by atoms with Crippen molar-refractivity contribution >= 4 is 11.7 Å². The van der Waals surface area contributed by atoms with Crippen molar-refractivity contribution in [3.8, 4) is 0 Å². The summed E-state index contributed by atoms with van der Waals surface area (Å²) in [5.74, 6) is -0.390. The molecule has 0 bridgehead atoms. The summed E-state index contributed by atoms with van der Waals surface area (Å²) in [5, 5.41) is 11.4. The van der Waals surface area contributed by atoms with Gasteiger partial charge in [0.2, 0.25) is 0 Å².